The van der Waals surface area contributed by atoms with Crippen LogP contribution in [0.3, 0.4) is 0 Å². The molecule has 0 saturated carbocycles. The minimum Gasteiger partial charge on any atom is -0.323 e. The van der Waals surface area contributed by atoms with Gasteiger partial charge < -0.3 is 5.32 Å². The highest BCUT2D eigenvalue weighted by molar-refractivity contribution is 6.33. The third kappa shape index (κ3) is 5.02. The van der Waals surface area contributed by atoms with Crippen molar-refractivity contribution >= 4 is 57.3 Å². The topological polar surface area (TPSA) is 63.6 Å². The summed E-state index contributed by atoms with van der Waals surface area (Å²) >= 11 is 17.2. The van der Waals surface area contributed by atoms with Crippen LogP contribution in [0.2, 0.25) is 15.6 Å². The predicted octanol–water partition coefficient (Wildman–Crippen LogP) is 5.81. The van der Waals surface area contributed by atoms with Crippen molar-refractivity contribution in [3.05, 3.63) is 82.5 Å². The Labute approximate surface area is 165 Å². The number of para-hydroxylation sites is 2. The molecule has 0 aliphatic rings. The molecule has 4 aromatic rings. The number of hydrogen-bond acceptors (Lipinski definition) is 5. The van der Waals surface area contributed by atoms with Gasteiger partial charge in [-0.3, -0.25) is 4.98 Å². The van der Waals surface area contributed by atoms with Gasteiger partial charge in [-0.1, -0.05) is 48.0 Å². The van der Waals surface area contributed by atoms with E-state index in [9.17, 15) is 0 Å². The highest BCUT2D eigenvalue weighted by Crippen LogP contribution is 2.23. The van der Waals surface area contributed by atoms with Gasteiger partial charge in [0, 0.05) is 11.6 Å². The fourth-order valence-electron chi connectivity index (χ4n) is 2.08. The Bertz CT molecular complexity index is 940. The van der Waals surface area contributed by atoms with Crippen molar-refractivity contribution in [1.29, 1.82) is 0 Å². The molecule has 0 unspecified atom stereocenters. The summed E-state index contributed by atoms with van der Waals surface area (Å²) in [6.07, 6.45) is 1.81. The molecule has 130 valence electrons. The fraction of sp³-hybridized carbons (Fsp3) is 0. The van der Waals surface area contributed by atoms with Crippen molar-refractivity contribution < 1.29 is 0 Å². The quantitative estimate of drug-likeness (QED) is 0.457. The molecular formula is C18H12Cl3N5. The molecule has 0 aliphatic carbocycles. The number of aromatic nitrogens is 4. The fourth-order valence-corrected chi connectivity index (χ4v) is 2.63. The molecule has 0 amide bonds. The van der Waals surface area contributed by atoms with Crippen LogP contribution in [0.25, 0.3) is 10.9 Å². The Morgan fingerprint density at radius 3 is 2.08 bits per heavy atom. The van der Waals surface area contributed by atoms with E-state index in [1.807, 2.05) is 42.6 Å². The first kappa shape index (κ1) is 18.3. The minimum absolute atomic E-state index is 0.0227. The van der Waals surface area contributed by atoms with E-state index in [0.717, 1.165) is 5.52 Å². The number of hydrogen-bond donors (Lipinski definition) is 1. The second-order valence-electron chi connectivity index (χ2n) is 5.00. The highest BCUT2D eigenvalue weighted by Gasteiger charge is 2.05. The number of rotatable bonds is 2. The zero-order valence-corrected chi connectivity index (χ0v) is 15.5. The van der Waals surface area contributed by atoms with Gasteiger partial charge in [0.15, 0.2) is 0 Å². The third-order valence-electron chi connectivity index (χ3n) is 3.21. The first-order valence-corrected chi connectivity index (χ1v) is 8.63. The van der Waals surface area contributed by atoms with Gasteiger partial charge in [0.05, 0.1) is 16.2 Å². The van der Waals surface area contributed by atoms with Gasteiger partial charge in [-0.2, -0.15) is 15.0 Å². The largest absolute Gasteiger partial charge is 0.323 e. The standard InChI is InChI=1S/C9H5Cl3N4.C9H7N/c10-5-3-1-2-4-6(5)13-9-15-7(11)14-8(12)16-9;1-2-6-9-8(4-1)5-3-7-10-9/h1-4H,(H,13,14,15,16);1-7H. The van der Waals surface area contributed by atoms with E-state index in [4.69, 9.17) is 34.8 Å². The summed E-state index contributed by atoms with van der Waals surface area (Å²) in [5.41, 5.74) is 1.73. The smallest absolute Gasteiger partial charge is 0.232 e. The van der Waals surface area contributed by atoms with Crippen LogP contribution in [0, 0.1) is 0 Å². The summed E-state index contributed by atoms with van der Waals surface area (Å²) in [7, 11) is 0. The van der Waals surface area contributed by atoms with E-state index in [1.54, 1.807) is 12.1 Å². The van der Waals surface area contributed by atoms with Crippen molar-refractivity contribution in [2.24, 2.45) is 0 Å². The van der Waals surface area contributed by atoms with E-state index < -0.39 is 0 Å². The highest BCUT2D eigenvalue weighted by atomic mass is 35.5. The molecule has 0 spiro atoms. The van der Waals surface area contributed by atoms with Crippen LogP contribution in [-0.4, -0.2) is 19.9 Å². The Hall–Kier alpha value is -2.47. The number of benzene rings is 2. The molecule has 2 heterocycles. The molecule has 26 heavy (non-hydrogen) atoms. The molecule has 0 atom stereocenters. The Balaban J connectivity index is 0.000000167. The summed E-state index contributed by atoms with van der Waals surface area (Å²) in [4.78, 5) is 15.5. The molecule has 0 radical (unpaired) electrons. The van der Waals surface area contributed by atoms with E-state index >= 15 is 0 Å². The second kappa shape index (κ2) is 8.76. The van der Waals surface area contributed by atoms with Gasteiger partial charge in [-0.25, -0.2) is 0 Å². The molecule has 0 aliphatic heterocycles. The number of halogens is 3. The van der Waals surface area contributed by atoms with Crippen LogP contribution in [0.4, 0.5) is 11.6 Å². The zero-order chi connectivity index (χ0) is 18.4. The van der Waals surface area contributed by atoms with Crippen LogP contribution in [-0.2, 0) is 0 Å². The van der Waals surface area contributed by atoms with Gasteiger partial charge in [-0.05, 0) is 47.5 Å². The van der Waals surface area contributed by atoms with Crippen LogP contribution in [0.15, 0.2) is 66.9 Å². The second-order valence-corrected chi connectivity index (χ2v) is 6.08. The molecule has 2 aromatic heterocycles. The molecule has 0 bridgehead atoms. The summed E-state index contributed by atoms with van der Waals surface area (Å²) < 4.78 is 0. The van der Waals surface area contributed by atoms with E-state index in [-0.39, 0.29) is 16.5 Å². The Morgan fingerprint density at radius 1 is 0.692 bits per heavy atom. The van der Waals surface area contributed by atoms with Crippen LogP contribution in [0.5, 0.6) is 0 Å². The number of fused-ring (bicyclic) bond motifs is 1. The first-order chi connectivity index (χ1) is 12.6. The normalized spacial score (nSPS) is 10.1. The molecule has 2 aromatic carbocycles. The summed E-state index contributed by atoms with van der Waals surface area (Å²) in [6, 6.07) is 19.3. The van der Waals surface area contributed by atoms with Crippen LogP contribution < -0.4 is 5.32 Å². The SMILES string of the molecule is Clc1nc(Cl)nc(Nc2ccccc2Cl)n1.c1ccc2ncccc2c1. The predicted molar refractivity (Wildman–Crippen MR) is 106 cm³/mol. The number of nitrogens with one attached hydrogen (secondary N) is 1. The first-order valence-electron chi connectivity index (χ1n) is 7.50. The lowest BCUT2D eigenvalue weighted by atomic mass is 10.2. The maximum Gasteiger partial charge on any atom is 0.232 e. The van der Waals surface area contributed by atoms with Gasteiger partial charge in [0.25, 0.3) is 0 Å². The lowest BCUT2D eigenvalue weighted by molar-refractivity contribution is 1.05. The van der Waals surface area contributed by atoms with Crippen LogP contribution >= 0.6 is 34.8 Å². The summed E-state index contributed by atoms with van der Waals surface area (Å²) in [5, 5.41) is 4.69. The van der Waals surface area contributed by atoms with Gasteiger partial charge in [0.1, 0.15) is 0 Å². The van der Waals surface area contributed by atoms with Gasteiger partial charge in [0.2, 0.25) is 16.5 Å². The zero-order valence-electron chi connectivity index (χ0n) is 13.3. The number of anilines is 2. The Kier molecular flexibility index (Phi) is 6.17. The summed E-state index contributed by atoms with van der Waals surface area (Å²) in [6.45, 7) is 0. The number of pyridine rings is 1. The van der Waals surface area contributed by atoms with Crippen molar-refractivity contribution in [1.82, 2.24) is 19.9 Å². The lowest BCUT2D eigenvalue weighted by Gasteiger charge is -2.06. The maximum absolute atomic E-state index is 5.95. The van der Waals surface area contributed by atoms with E-state index in [1.165, 1.54) is 5.39 Å². The maximum atomic E-state index is 5.95. The van der Waals surface area contributed by atoms with Crippen molar-refractivity contribution in [3.63, 3.8) is 0 Å². The van der Waals surface area contributed by atoms with Gasteiger partial charge >= 0.3 is 0 Å². The van der Waals surface area contributed by atoms with E-state index in [0.29, 0.717) is 10.7 Å². The average Bonchev–Trinajstić information content (AvgIpc) is 2.63. The molecule has 4 rings (SSSR count). The van der Waals surface area contributed by atoms with Crippen molar-refractivity contribution in [2.75, 3.05) is 5.32 Å². The number of nitrogens with zero attached hydrogens (tertiary/aromatic N) is 4. The van der Waals surface area contributed by atoms with Crippen molar-refractivity contribution in [3.8, 4) is 0 Å². The minimum atomic E-state index is 0.0227. The van der Waals surface area contributed by atoms with Crippen molar-refractivity contribution in [2.45, 2.75) is 0 Å². The average molecular weight is 405 g/mol. The third-order valence-corrected chi connectivity index (χ3v) is 3.88. The molecule has 0 fully saturated rings. The summed E-state index contributed by atoms with van der Waals surface area (Å²) in [5.74, 6) is 0.248. The molecule has 1 N–H and O–H groups in total. The Morgan fingerprint density at radius 2 is 1.35 bits per heavy atom. The lowest BCUT2D eigenvalue weighted by Crippen LogP contribution is -1.99. The monoisotopic (exact) mass is 403 g/mol. The van der Waals surface area contributed by atoms with E-state index in [2.05, 4.69) is 37.4 Å². The van der Waals surface area contributed by atoms with Gasteiger partial charge in [-0.15, -0.1) is 0 Å². The molecule has 5 nitrogen and oxygen atoms in total. The van der Waals surface area contributed by atoms with Crippen LogP contribution in [0.1, 0.15) is 0 Å². The molecule has 8 heteroatoms. The molecular weight excluding hydrogens is 393 g/mol. The molecule has 0 saturated heterocycles.